The molecule has 0 fully saturated rings. The van der Waals surface area contributed by atoms with Gasteiger partial charge in [-0.05, 0) is 58.6 Å². The summed E-state index contributed by atoms with van der Waals surface area (Å²) in [4.78, 5) is 15.6. The molecule has 27 heavy (non-hydrogen) atoms. The lowest BCUT2D eigenvalue weighted by atomic mass is 10.2. The number of carbonyl (C=O) groups is 1. The van der Waals surface area contributed by atoms with Crippen LogP contribution in [0.3, 0.4) is 0 Å². The molecule has 0 amide bonds. The van der Waals surface area contributed by atoms with Gasteiger partial charge in [0.15, 0.2) is 4.34 Å². The molecule has 2 aromatic heterocycles. The van der Waals surface area contributed by atoms with Gasteiger partial charge < -0.3 is 5.11 Å². The van der Waals surface area contributed by atoms with Crippen molar-refractivity contribution in [1.29, 1.82) is 0 Å². The van der Waals surface area contributed by atoms with Gasteiger partial charge in [-0.2, -0.15) is 4.68 Å². The number of carboxylic acids is 1. The second-order valence-electron chi connectivity index (χ2n) is 5.33. The van der Waals surface area contributed by atoms with Gasteiger partial charge in [-0.25, -0.2) is 9.78 Å². The molecule has 7 nitrogen and oxygen atoms in total. The van der Waals surface area contributed by atoms with Crippen LogP contribution < -0.4 is 0 Å². The van der Waals surface area contributed by atoms with E-state index in [1.807, 2.05) is 29.6 Å². The predicted molar refractivity (Wildman–Crippen MR) is 103 cm³/mol. The second kappa shape index (κ2) is 7.47. The van der Waals surface area contributed by atoms with Crippen molar-refractivity contribution in [2.24, 2.45) is 0 Å². The highest BCUT2D eigenvalue weighted by Gasteiger charge is 2.14. The van der Waals surface area contributed by atoms with Crippen LogP contribution in [0.1, 0.15) is 10.4 Å². The van der Waals surface area contributed by atoms with Gasteiger partial charge in [0.05, 0.1) is 16.9 Å². The minimum absolute atomic E-state index is 0.202. The summed E-state index contributed by atoms with van der Waals surface area (Å²) in [6, 6.07) is 13.8. The number of halogens is 1. The van der Waals surface area contributed by atoms with Crippen LogP contribution in [0, 0.1) is 0 Å². The molecule has 0 aliphatic carbocycles. The van der Waals surface area contributed by atoms with Crippen LogP contribution in [0.2, 0.25) is 5.02 Å². The third-order valence-corrected chi connectivity index (χ3v) is 5.73. The average Bonchev–Trinajstić information content (AvgIpc) is 3.32. The van der Waals surface area contributed by atoms with E-state index in [4.69, 9.17) is 16.7 Å². The Hall–Kier alpha value is -2.75. The van der Waals surface area contributed by atoms with E-state index in [0.717, 1.165) is 15.6 Å². The van der Waals surface area contributed by atoms with Gasteiger partial charge in [-0.3, -0.25) is 0 Å². The van der Waals surface area contributed by atoms with Gasteiger partial charge in [-0.15, -0.1) is 16.4 Å². The Morgan fingerprint density at radius 2 is 1.85 bits per heavy atom. The van der Waals surface area contributed by atoms with E-state index in [0.29, 0.717) is 15.9 Å². The zero-order valence-electron chi connectivity index (χ0n) is 13.5. The fourth-order valence-electron chi connectivity index (χ4n) is 2.29. The number of aromatic nitrogens is 5. The van der Waals surface area contributed by atoms with Crippen molar-refractivity contribution in [1.82, 2.24) is 25.2 Å². The van der Waals surface area contributed by atoms with Gasteiger partial charge in [-0.1, -0.05) is 23.7 Å². The van der Waals surface area contributed by atoms with Crippen LogP contribution in [0.25, 0.3) is 16.9 Å². The predicted octanol–water partition coefficient (Wildman–Crippen LogP) is 4.29. The summed E-state index contributed by atoms with van der Waals surface area (Å²) in [6.07, 6.45) is 0. The quantitative estimate of drug-likeness (QED) is 0.519. The van der Waals surface area contributed by atoms with Crippen molar-refractivity contribution in [3.05, 3.63) is 64.5 Å². The minimum Gasteiger partial charge on any atom is -0.478 e. The highest BCUT2D eigenvalue weighted by atomic mass is 35.5. The number of aromatic carboxylic acids is 1. The fourth-order valence-corrected chi connectivity index (χ4v) is 4.13. The first-order valence-electron chi connectivity index (χ1n) is 7.61. The minimum atomic E-state index is -0.981. The molecular formula is C17H10ClN5O2S2. The normalized spacial score (nSPS) is 10.9. The Morgan fingerprint density at radius 1 is 1.11 bits per heavy atom. The molecule has 2 heterocycles. The molecule has 0 saturated heterocycles. The number of carboxylic acid groups (broad SMARTS) is 1. The van der Waals surface area contributed by atoms with Crippen LogP contribution in [0.5, 0.6) is 0 Å². The first-order valence-corrected chi connectivity index (χ1v) is 9.69. The van der Waals surface area contributed by atoms with Crippen molar-refractivity contribution < 1.29 is 9.90 Å². The molecule has 0 aliphatic heterocycles. The molecule has 0 aliphatic rings. The van der Waals surface area contributed by atoms with E-state index in [-0.39, 0.29) is 5.56 Å². The van der Waals surface area contributed by atoms with Gasteiger partial charge in [0, 0.05) is 16.0 Å². The Morgan fingerprint density at radius 3 is 2.56 bits per heavy atom. The molecule has 0 bridgehead atoms. The summed E-state index contributed by atoms with van der Waals surface area (Å²) in [5, 5.41) is 23.9. The molecule has 0 unspecified atom stereocenters. The zero-order chi connectivity index (χ0) is 18.8. The van der Waals surface area contributed by atoms with Crippen molar-refractivity contribution in [3.8, 4) is 16.9 Å². The number of tetrazole rings is 1. The van der Waals surface area contributed by atoms with E-state index in [2.05, 4.69) is 20.5 Å². The van der Waals surface area contributed by atoms with E-state index >= 15 is 0 Å². The van der Waals surface area contributed by atoms with Crippen molar-refractivity contribution in [2.45, 2.75) is 9.50 Å². The number of thiazole rings is 1. The van der Waals surface area contributed by atoms with Crippen LogP contribution in [-0.4, -0.2) is 36.3 Å². The first kappa shape index (κ1) is 17.7. The summed E-state index contributed by atoms with van der Waals surface area (Å²) in [6.45, 7) is 0. The standard InChI is InChI=1S/C17H10ClN5O2S2/c18-12-5-1-10(2-6-12)14-9-26-17(19-14)27-16-20-21-22-23(16)13-7-3-11(4-8-13)15(24)25/h1-9H,(H,24,25). The van der Waals surface area contributed by atoms with E-state index < -0.39 is 5.97 Å². The lowest BCUT2D eigenvalue weighted by Crippen LogP contribution is -2.01. The maximum absolute atomic E-state index is 11.0. The lowest BCUT2D eigenvalue weighted by molar-refractivity contribution is 0.0697. The number of nitrogens with zero attached hydrogens (tertiary/aromatic N) is 5. The van der Waals surface area contributed by atoms with Gasteiger partial charge >= 0.3 is 5.97 Å². The molecule has 0 atom stereocenters. The fraction of sp³-hybridized carbons (Fsp3) is 0. The number of rotatable bonds is 5. The third-order valence-electron chi connectivity index (χ3n) is 3.60. The van der Waals surface area contributed by atoms with Crippen molar-refractivity contribution in [2.75, 3.05) is 0 Å². The SMILES string of the molecule is O=C(O)c1ccc(-n2nnnc2Sc2nc(-c3ccc(Cl)cc3)cs2)cc1. The van der Waals surface area contributed by atoms with Crippen LogP contribution in [0.4, 0.5) is 0 Å². The van der Waals surface area contributed by atoms with Crippen LogP contribution in [-0.2, 0) is 0 Å². The maximum atomic E-state index is 11.0. The van der Waals surface area contributed by atoms with Gasteiger partial charge in [0.25, 0.3) is 0 Å². The highest BCUT2D eigenvalue weighted by Crippen LogP contribution is 2.33. The molecule has 10 heteroatoms. The number of benzene rings is 2. The Bertz CT molecular complexity index is 1090. The molecule has 4 rings (SSSR count). The summed E-state index contributed by atoms with van der Waals surface area (Å²) in [7, 11) is 0. The molecule has 1 N–H and O–H groups in total. The molecule has 134 valence electrons. The van der Waals surface area contributed by atoms with Gasteiger partial charge in [0.1, 0.15) is 0 Å². The third kappa shape index (κ3) is 3.85. The maximum Gasteiger partial charge on any atom is 0.335 e. The van der Waals surface area contributed by atoms with Crippen molar-refractivity contribution >= 4 is 40.7 Å². The Kier molecular flexibility index (Phi) is 4.88. The monoisotopic (exact) mass is 415 g/mol. The van der Waals surface area contributed by atoms with E-state index in [1.165, 1.54) is 35.2 Å². The molecule has 0 saturated carbocycles. The van der Waals surface area contributed by atoms with Crippen LogP contribution in [0.15, 0.2) is 63.4 Å². The van der Waals surface area contributed by atoms with E-state index in [1.54, 1.807) is 16.8 Å². The topological polar surface area (TPSA) is 93.8 Å². The highest BCUT2D eigenvalue weighted by molar-refractivity contribution is 8.00. The second-order valence-corrected chi connectivity index (χ2v) is 7.84. The Balaban J connectivity index is 1.57. The first-order chi connectivity index (χ1) is 13.1. The van der Waals surface area contributed by atoms with E-state index in [9.17, 15) is 4.79 Å². The molecule has 2 aromatic carbocycles. The molecule has 4 aromatic rings. The summed E-state index contributed by atoms with van der Waals surface area (Å²) in [5.74, 6) is -0.981. The number of hydrogen-bond acceptors (Lipinski definition) is 7. The smallest absolute Gasteiger partial charge is 0.335 e. The summed E-state index contributed by atoms with van der Waals surface area (Å²) in [5.41, 5.74) is 2.70. The zero-order valence-corrected chi connectivity index (χ0v) is 15.9. The number of hydrogen-bond donors (Lipinski definition) is 1. The Labute approximate surface area is 166 Å². The van der Waals surface area contributed by atoms with Crippen LogP contribution >= 0.6 is 34.7 Å². The summed E-state index contributed by atoms with van der Waals surface area (Å²) < 4.78 is 2.33. The molecular weight excluding hydrogens is 406 g/mol. The average molecular weight is 416 g/mol. The lowest BCUT2D eigenvalue weighted by Gasteiger charge is -2.03. The molecule has 0 radical (unpaired) electrons. The molecule has 0 spiro atoms. The summed E-state index contributed by atoms with van der Waals surface area (Å²) >= 11 is 8.75. The van der Waals surface area contributed by atoms with Crippen molar-refractivity contribution in [3.63, 3.8) is 0 Å². The largest absolute Gasteiger partial charge is 0.478 e. The van der Waals surface area contributed by atoms with Gasteiger partial charge in [0.2, 0.25) is 5.16 Å².